The molecule has 0 aliphatic rings. The van der Waals surface area contributed by atoms with E-state index in [2.05, 4.69) is 6.07 Å². The molecule has 0 bridgehead atoms. The van der Waals surface area contributed by atoms with Crippen LogP contribution in [0.25, 0.3) is 10.9 Å². The zero-order valence-electron chi connectivity index (χ0n) is 9.44. The van der Waals surface area contributed by atoms with Gasteiger partial charge in [-0.05, 0) is 25.1 Å². The number of nitriles is 1. The van der Waals surface area contributed by atoms with Crippen LogP contribution in [0.1, 0.15) is 11.3 Å². The van der Waals surface area contributed by atoms with Crippen LogP contribution in [-0.2, 0) is 0 Å². The first-order valence-corrected chi connectivity index (χ1v) is 4.86. The molecule has 4 nitrogen and oxygen atoms in total. The van der Waals surface area contributed by atoms with Gasteiger partial charge in [0.15, 0.2) is 0 Å². The van der Waals surface area contributed by atoms with Crippen molar-refractivity contribution < 1.29 is 9.57 Å². The van der Waals surface area contributed by atoms with E-state index in [4.69, 9.17) is 14.8 Å². The highest BCUT2D eigenvalue weighted by Crippen LogP contribution is 2.27. The summed E-state index contributed by atoms with van der Waals surface area (Å²) in [6.45, 7) is 1.86. The molecule has 1 aromatic heterocycles. The van der Waals surface area contributed by atoms with Crippen molar-refractivity contribution in [3.05, 3.63) is 29.5 Å². The Morgan fingerprint density at radius 3 is 2.62 bits per heavy atom. The van der Waals surface area contributed by atoms with Gasteiger partial charge in [0.2, 0.25) is 0 Å². The molecule has 0 aliphatic heterocycles. The van der Waals surface area contributed by atoms with E-state index in [9.17, 15) is 0 Å². The second-order valence-corrected chi connectivity index (χ2v) is 3.43. The molecule has 0 saturated carbocycles. The van der Waals surface area contributed by atoms with Crippen molar-refractivity contribution >= 4 is 10.9 Å². The summed E-state index contributed by atoms with van der Waals surface area (Å²) in [6, 6.07) is 7.76. The molecule has 0 saturated heterocycles. The fourth-order valence-corrected chi connectivity index (χ4v) is 1.87. The summed E-state index contributed by atoms with van der Waals surface area (Å²) in [5.41, 5.74) is 2.29. The lowest BCUT2D eigenvalue weighted by molar-refractivity contribution is 0.173. The van der Waals surface area contributed by atoms with E-state index < -0.39 is 0 Å². The molecule has 2 aromatic rings. The number of nitrogens with zero attached hydrogens (tertiary/aromatic N) is 2. The summed E-state index contributed by atoms with van der Waals surface area (Å²) >= 11 is 0. The molecule has 82 valence electrons. The molecule has 2 rings (SSSR count). The van der Waals surface area contributed by atoms with Gasteiger partial charge in [0.25, 0.3) is 0 Å². The Bertz CT molecular complexity index is 579. The first kappa shape index (κ1) is 10.4. The van der Waals surface area contributed by atoms with Gasteiger partial charge >= 0.3 is 0 Å². The Kier molecular flexibility index (Phi) is 2.45. The minimum absolute atomic E-state index is 0.621. The van der Waals surface area contributed by atoms with Crippen molar-refractivity contribution in [3.8, 4) is 11.8 Å². The van der Waals surface area contributed by atoms with Crippen molar-refractivity contribution in [1.82, 2.24) is 4.73 Å². The Hall–Kier alpha value is -2.15. The van der Waals surface area contributed by atoms with Crippen molar-refractivity contribution in [3.63, 3.8) is 0 Å². The van der Waals surface area contributed by atoms with Gasteiger partial charge in [-0.3, -0.25) is 0 Å². The molecule has 1 aromatic carbocycles. The summed E-state index contributed by atoms with van der Waals surface area (Å²) in [5, 5.41) is 9.98. The summed E-state index contributed by atoms with van der Waals surface area (Å²) in [5.74, 6) is 0.734. The zero-order valence-corrected chi connectivity index (χ0v) is 9.44. The minimum Gasteiger partial charge on any atom is -0.497 e. The maximum Gasteiger partial charge on any atom is 0.119 e. The van der Waals surface area contributed by atoms with E-state index in [1.165, 1.54) is 0 Å². The van der Waals surface area contributed by atoms with Crippen LogP contribution in [0.5, 0.6) is 5.75 Å². The molecule has 0 atom stereocenters. The molecule has 16 heavy (non-hydrogen) atoms. The maximum absolute atomic E-state index is 9.13. The molecular formula is C12H12N2O2. The van der Waals surface area contributed by atoms with Gasteiger partial charge in [-0.15, -0.1) is 0 Å². The predicted octanol–water partition coefficient (Wildman–Crippen LogP) is 1.89. The number of rotatable bonds is 2. The molecule has 0 radical (unpaired) electrons. The average molecular weight is 216 g/mol. The Morgan fingerprint density at radius 1 is 1.31 bits per heavy atom. The van der Waals surface area contributed by atoms with Gasteiger partial charge in [0.05, 0.1) is 23.9 Å². The van der Waals surface area contributed by atoms with Gasteiger partial charge in [-0.2, -0.15) is 9.99 Å². The highest BCUT2D eigenvalue weighted by atomic mass is 16.6. The lowest BCUT2D eigenvalue weighted by Gasteiger charge is -2.04. The van der Waals surface area contributed by atoms with Crippen LogP contribution in [0, 0.1) is 18.3 Å². The fourth-order valence-electron chi connectivity index (χ4n) is 1.87. The van der Waals surface area contributed by atoms with Crippen LogP contribution in [0.4, 0.5) is 0 Å². The number of benzene rings is 1. The van der Waals surface area contributed by atoms with Gasteiger partial charge in [0, 0.05) is 5.39 Å². The van der Waals surface area contributed by atoms with Crippen LogP contribution in [0.15, 0.2) is 18.2 Å². The summed E-state index contributed by atoms with van der Waals surface area (Å²) in [7, 11) is 3.19. The third-order valence-electron chi connectivity index (χ3n) is 2.65. The Morgan fingerprint density at radius 2 is 2.06 bits per heavy atom. The largest absolute Gasteiger partial charge is 0.497 e. The monoisotopic (exact) mass is 216 g/mol. The lowest BCUT2D eigenvalue weighted by atomic mass is 10.1. The number of fused-ring (bicyclic) bond motifs is 1. The smallest absolute Gasteiger partial charge is 0.119 e. The summed E-state index contributed by atoms with van der Waals surface area (Å²) in [6.07, 6.45) is 0. The summed E-state index contributed by atoms with van der Waals surface area (Å²) < 4.78 is 6.79. The van der Waals surface area contributed by atoms with E-state index in [0.29, 0.717) is 5.56 Å². The van der Waals surface area contributed by atoms with E-state index in [-0.39, 0.29) is 0 Å². The van der Waals surface area contributed by atoms with Crippen LogP contribution in [0.2, 0.25) is 0 Å². The van der Waals surface area contributed by atoms with Gasteiger partial charge in [-0.1, -0.05) is 0 Å². The highest BCUT2D eigenvalue weighted by Gasteiger charge is 2.14. The first-order valence-electron chi connectivity index (χ1n) is 4.86. The zero-order chi connectivity index (χ0) is 11.7. The predicted molar refractivity (Wildman–Crippen MR) is 60.4 cm³/mol. The Balaban J connectivity index is 2.85. The topological polar surface area (TPSA) is 47.2 Å². The highest BCUT2D eigenvalue weighted by molar-refractivity contribution is 5.89. The number of aromatic nitrogens is 1. The number of hydrogen-bond donors (Lipinski definition) is 0. The standard InChI is InChI=1S/C12H12N2O2/c1-8-11(7-13)10-6-9(15-2)4-5-12(10)14(8)16-3/h4-6H,1-3H3. The maximum atomic E-state index is 9.13. The van der Waals surface area contributed by atoms with Crippen molar-refractivity contribution in [1.29, 1.82) is 5.26 Å². The second kappa shape index (κ2) is 3.78. The molecule has 0 N–H and O–H groups in total. The molecule has 0 unspecified atom stereocenters. The van der Waals surface area contributed by atoms with Crippen molar-refractivity contribution in [2.45, 2.75) is 6.92 Å². The van der Waals surface area contributed by atoms with Crippen LogP contribution < -0.4 is 9.57 Å². The second-order valence-electron chi connectivity index (χ2n) is 3.43. The molecule has 0 fully saturated rings. The van der Waals surface area contributed by atoms with Crippen molar-refractivity contribution in [2.75, 3.05) is 14.2 Å². The normalized spacial score (nSPS) is 10.1. The molecule has 4 heteroatoms. The molecule has 0 aliphatic carbocycles. The van der Waals surface area contributed by atoms with E-state index >= 15 is 0 Å². The third kappa shape index (κ3) is 1.29. The van der Waals surface area contributed by atoms with Crippen molar-refractivity contribution in [2.24, 2.45) is 0 Å². The third-order valence-corrected chi connectivity index (χ3v) is 2.65. The van der Waals surface area contributed by atoms with Gasteiger partial charge in [0.1, 0.15) is 18.9 Å². The van der Waals surface area contributed by atoms with E-state index in [1.54, 1.807) is 19.0 Å². The average Bonchev–Trinajstić information content (AvgIpc) is 2.59. The lowest BCUT2D eigenvalue weighted by Crippen LogP contribution is -2.07. The van der Waals surface area contributed by atoms with E-state index in [1.807, 2.05) is 25.1 Å². The summed E-state index contributed by atoms with van der Waals surface area (Å²) in [4.78, 5) is 5.24. The number of methoxy groups -OCH3 is 1. The minimum atomic E-state index is 0.621. The SMILES string of the molecule is COc1ccc2c(c1)c(C#N)c(C)n2OC. The van der Waals surface area contributed by atoms with E-state index in [0.717, 1.165) is 22.3 Å². The molecular weight excluding hydrogens is 204 g/mol. The number of ether oxygens (including phenoxy) is 1. The van der Waals surface area contributed by atoms with Gasteiger partial charge < -0.3 is 9.57 Å². The number of hydrogen-bond acceptors (Lipinski definition) is 3. The molecule has 0 spiro atoms. The van der Waals surface area contributed by atoms with Crippen LogP contribution in [-0.4, -0.2) is 19.0 Å². The quantitative estimate of drug-likeness (QED) is 0.770. The molecule has 1 heterocycles. The molecule has 0 amide bonds. The van der Waals surface area contributed by atoms with Crippen LogP contribution in [0.3, 0.4) is 0 Å². The Labute approximate surface area is 93.6 Å². The fraction of sp³-hybridized carbons (Fsp3) is 0.250. The van der Waals surface area contributed by atoms with Crippen LogP contribution >= 0.6 is 0 Å². The van der Waals surface area contributed by atoms with Gasteiger partial charge in [-0.25, -0.2) is 0 Å². The first-order chi connectivity index (χ1) is 7.72.